The minimum Gasteiger partial charge on any atom is -0.315 e. The molecule has 4 nitrogen and oxygen atoms in total. The van der Waals surface area contributed by atoms with Gasteiger partial charge in [0.15, 0.2) is 0 Å². The third-order valence-electron chi connectivity index (χ3n) is 5.86. The van der Waals surface area contributed by atoms with E-state index in [1.165, 1.54) is 37.0 Å². The molecule has 0 aromatic carbocycles. The summed E-state index contributed by atoms with van der Waals surface area (Å²) in [4.78, 5) is 26.3. The number of carbonyl (C=O) groups excluding carboxylic acids is 2. The van der Waals surface area contributed by atoms with Crippen LogP contribution in [0.1, 0.15) is 46.0 Å². The summed E-state index contributed by atoms with van der Waals surface area (Å²) in [6.07, 6.45) is 6.33. The fourth-order valence-corrected chi connectivity index (χ4v) is 4.39. The van der Waals surface area contributed by atoms with Gasteiger partial charge in [0, 0.05) is 12.6 Å². The van der Waals surface area contributed by atoms with Crippen molar-refractivity contribution in [2.24, 2.45) is 23.2 Å². The molecule has 3 fully saturated rings. The van der Waals surface area contributed by atoms with E-state index < -0.39 is 0 Å². The van der Waals surface area contributed by atoms with E-state index >= 15 is 0 Å². The zero-order valence-corrected chi connectivity index (χ0v) is 12.8. The van der Waals surface area contributed by atoms with Gasteiger partial charge in [0.1, 0.15) is 0 Å². The third-order valence-corrected chi connectivity index (χ3v) is 5.86. The van der Waals surface area contributed by atoms with Gasteiger partial charge in [-0.15, -0.1) is 0 Å². The second-order valence-electron chi connectivity index (χ2n) is 7.36. The van der Waals surface area contributed by atoms with E-state index in [2.05, 4.69) is 5.32 Å². The largest absolute Gasteiger partial charge is 0.315 e. The first-order valence-electron chi connectivity index (χ1n) is 8.01. The molecule has 1 aliphatic heterocycles. The molecule has 0 radical (unpaired) electrons. The topological polar surface area (TPSA) is 49.4 Å². The Morgan fingerprint density at radius 2 is 1.70 bits per heavy atom. The van der Waals surface area contributed by atoms with Crippen LogP contribution in [0.2, 0.25) is 0 Å². The van der Waals surface area contributed by atoms with Crippen molar-refractivity contribution in [3.63, 3.8) is 0 Å². The maximum Gasteiger partial charge on any atom is 0.233 e. The van der Waals surface area contributed by atoms with Crippen LogP contribution >= 0.6 is 0 Å². The Kier molecular flexibility index (Phi) is 3.39. The van der Waals surface area contributed by atoms with Crippen molar-refractivity contribution in [2.75, 3.05) is 13.6 Å². The summed E-state index contributed by atoms with van der Waals surface area (Å²) in [5, 5.41) is 3.34. The Balaban J connectivity index is 1.65. The maximum atomic E-state index is 12.4. The van der Waals surface area contributed by atoms with E-state index in [1.807, 2.05) is 20.9 Å². The number of likely N-dealkylation sites (N-methyl/N-ethyl adjacent to an activating group) is 1. The highest BCUT2D eigenvalue weighted by Crippen LogP contribution is 2.63. The molecular formula is C16H26N2O2. The smallest absolute Gasteiger partial charge is 0.233 e. The first kappa shape index (κ1) is 14.1. The molecule has 4 heteroatoms. The highest BCUT2D eigenvalue weighted by Gasteiger charge is 2.72. The van der Waals surface area contributed by atoms with Crippen LogP contribution in [0.4, 0.5) is 0 Å². The zero-order valence-electron chi connectivity index (χ0n) is 12.8. The molecule has 0 bridgehead atoms. The van der Waals surface area contributed by atoms with Crippen LogP contribution < -0.4 is 5.32 Å². The van der Waals surface area contributed by atoms with Crippen molar-refractivity contribution in [3.8, 4) is 0 Å². The number of hydrogen-bond donors (Lipinski definition) is 1. The van der Waals surface area contributed by atoms with Gasteiger partial charge >= 0.3 is 0 Å². The predicted octanol–water partition coefficient (Wildman–Crippen LogP) is 1.80. The molecule has 2 amide bonds. The average molecular weight is 278 g/mol. The molecular weight excluding hydrogens is 252 g/mol. The molecule has 3 rings (SSSR count). The van der Waals surface area contributed by atoms with Crippen molar-refractivity contribution in [1.82, 2.24) is 10.2 Å². The van der Waals surface area contributed by atoms with Crippen molar-refractivity contribution in [3.05, 3.63) is 0 Å². The SMILES string of the molecule is CNC(CN1C(=O)C2C(C1=O)C2(C)C)C1CCCCC1. The van der Waals surface area contributed by atoms with Crippen molar-refractivity contribution in [1.29, 1.82) is 0 Å². The van der Waals surface area contributed by atoms with Crippen molar-refractivity contribution < 1.29 is 9.59 Å². The number of hydrogen-bond acceptors (Lipinski definition) is 3. The number of nitrogens with zero attached hydrogens (tertiary/aromatic N) is 1. The highest BCUT2D eigenvalue weighted by molar-refractivity contribution is 6.10. The Bertz CT molecular complexity index is 402. The van der Waals surface area contributed by atoms with E-state index in [-0.39, 0.29) is 35.1 Å². The fraction of sp³-hybridized carbons (Fsp3) is 0.875. The molecule has 3 unspecified atom stereocenters. The van der Waals surface area contributed by atoms with Gasteiger partial charge in [-0.1, -0.05) is 33.1 Å². The molecule has 1 N–H and O–H groups in total. The molecule has 1 saturated heterocycles. The summed E-state index contributed by atoms with van der Waals surface area (Å²) in [5.74, 6) is 0.666. The summed E-state index contributed by atoms with van der Waals surface area (Å²) in [6.45, 7) is 4.64. The van der Waals surface area contributed by atoms with Crippen molar-refractivity contribution >= 4 is 11.8 Å². The first-order chi connectivity index (χ1) is 9.48. The maximum absolute atomic E-state index is 12.4. The zero-order chi connectivity index (χ0) is 14.5. The minimum absolute atomic E-state index is 0.0427. The molecule has 0 spiro atoms. The van der Waals surface area contributed by atoms with Gasteiger partial charge in [0.05, 0.1) is 11.8 Å². The van der Waals surface area contributed by atoms with E-state index in [9.17, 15) is 9.59 Å². The summed E-state index contributed by atoms with van der Waals surface area (Å²) < 4.78 is 0. The minimum atomic E-state index is -0.0926. The lowest BCUT2D eigenvalue weighted by Crippen LogP contribution is -2.48. The van der Waals surface area contributed by atoms with E-state index in [0.29, 0.717) is 12.5 Å². The fourth-order valence-electron chi connectivity index (χ4n) is 4.39. The predicted molar refractivity (Wildman–Crippen MR) is 76.9 cm³/mol. The Morgan fingerprint density at radius 3 is 2.20 bits per heavy atom. The number of carbonyl (C=O) groups is 2. The second-order valence-corrected chi connectivity index (χ2v) is 7.36. The normalized spacial score (nSPS) is 34.2. The highest BCUT2D eigenvalue weighted by atomic mass is 16.2. The van der Waals surface area contributed by atoms with Gasteiger partial charge < -0.3 is 5.32 Å². The van der Waals surface area contributed by atoms with Crippen LogP contribution in [0.15, 0.2) is 0 Å². The summed E-state index contributed by atoms with van der Waals surface area (Å²) >= 11 is 0. The molecule has 3 atom stereocenters. The van der Waals surface area contributed by atoms with E-state index in [4.69, 9.17) is 0 Å². The molecule has 2 aliphatic carbocycles. The van der Waals surface area contributed by atoms with E-state index in [0.717, 1.165) is 0 Å². The van der Waals surface area contributed by atoms with Crippen LogP contribution in [-0.2, 0) is 9.59 Å². The summed E-state index contributed by atoms with van der Waals surface area (Å²) in [5.41, 5.74) is -0.0926. The van der Waals surface area contributed by atoms with Crippen LogP contribution in [-0.4, -0.2) is 36.3 Å². The number of likely N-dealkylation sites (tertiary alicyclic amines) is 1. The first-order valence-corrected chi connectivity index (χ1v) is 8.01. The molecule has 0 aromatic heterocycles. The molecule has 1 heterocycles. The molecule has 2 saturated carbocycles. The number of nitrogens with one attached hydrogen (secondary N) is 1. The van der Waals surface area contributed by atoms with Gasteiger partial charge in [0.25, 0.3) is 0 Å². The van der Waals surface area contributed by atoms with E-state index in [1.54, 1.807) is 0 Å². The third kappa shape index (κ3) is 2.00. The van der Waals surface area contributed by atoms with Gasteiger partial charge in [-0.2, -0.15) is 0 Å². The van der Waals surface area contributed by atoms with Gasteiger partial charge in [-0.3, -0.25) is 14.5 Å². The second kappa shape index (κ2) is 4.83. The van der Waals surface area contributed by atoms with Crippen LogP contribution in [0.5, 0.6) is 0 Å². The molecule has 3 aliphatic rings. The Hall–Kier alpha value is -0.900. The molecule has 0 aromatic rings. The van der Waals surface area contributed by atoms with Gasteiger partial charge in [-0.05, 0) is 31.2 Å². The quantitative estimate of drug-likeness (QED) is 0.798. The van der Waals surface area contributed by atoms with Gasteiger partial charge in [0.2, 0.25) is 11.8 Å². The molecule has 112 valence electrons. The van der Waals surface area contributed by atoms with Crippen LogP contribution in [0.3, 0.4) is 0 Å². The molecule has 20 heavy (non-hydrogen) atoms. The lowest BCUT2D eigenvalue weighted by Gasteiger charge is -2.33. The number of amides is 2. The number of rotatable bonds is 4. The number of fused-ring (bicyclic) bond motifs is 1. The summed E-state index contributed by atoms with van der Waals surface area (Å²) in [6, 6.07) is 0.267. The van der Waals surface area contributed by atoms with Crippen LogP contribution in [0, 0.1) is 23.2 Å². The average Bonchev–Trinajstić information content (AvgIpc) is 2.91. The number of imide groups is 1. The Morgan fingerprint density at radius 1 is 1.15 bits per heavy atom. The standard InChI is InChI=1S/C16H26N2O2/c1-16(2)12-13(16)15(20)18(14(12)19)9-11(17-3)10-7-5-4-6-8-10/h10-13,17H,4-9H2,1-3H3. The van der Waals surface area contributed by atoms with Crippen LogP contribution in [0.25, 0.3) is 0 Å². The lowest BCUT2D eigenvalue weighted by atomic mass is 9.83. The summed E-state index contributed by atoms with van der Waals surface area (Å²) in [7, 11) is 1.95. The monoisotopic (exact) mass is 278 g/mol. The lowest BCUT2D eigenvalue weighted by molar-refractivity contribution is -0.143. The number of piperidine rings is 1. The Labute approximate surface area is 121 Å². The van der Waals surface area contributed by atoms with Gasteiger partial charge in [-0.25, -0.2) is 0 Å². The van der Waals surface area contributed by atoms with Crippen molar-refractivity contribution in [2.45, 2.75) is 52.0 Å².